The Morgan fingerprint density at radius 3 is 1.58 bits per heavy atom. The van der Waals surface area contributed by atoms with Gasteiger partial charge in [0, 0.05) is 50.8 Å². The summed E-state index contributed by atoms with van der Waals surface area (Å²) in [6.07, 6.45) is 17.0. The number of allylic oxidation sites excluding steroid dienone is 4. The van der Waals surface area contributed by atoms with Crippen LogP contribution in [0.15, 0.2) is 209 Å². The molecule has 2 aliphatic heterocycles. The molecule has 4 heteroatoms. The number of nitrogens with zero attached hydrogens (tertiary/aromatic N) is 1. The quantitative estimate of drug-likeness (QED) is 0.172. The Morgan fingerprint density at radius 1 is 0.419 bits per heavy atom. The second kappa shape index (κ2) is 19.1. The van der Waals surface area contributed by atoms with Crippen molar-refractivity contribution < 1.29 is 13.9 Å². The standard InChI is InChI=1S/C82H75NO3/c1-79(2,3)54-34-42-76-70(46-54)82(71-47-55(80(4,5)6)35-43-77(71)85-76)65-29-17-14-25-59(65)61-39-37-57(49-67(61)82)83(72-30-19-27-63-62-26-15-18-31-73(62)86-78(63)72)56-36-38-60-58-24-13-16-28-64(58)81(66(60)48-56)68-44-52(50-20-9-7-10-21-50)32-40-74(68)84-75-41-33-53(45-69(75)81)51-22-11-8-12-23-51/h13-19,24-34,36-42,44-51H,7-12,20-23,35,43H2,1-6H3. The first kappa shape index (κ1) is 52.0. The van der Waals surface area contributed by atoms with Gasteiger partial charge in [-0.1, -0.05) is 213 Å². The van der Waals surface area contributed by atoms with E-state index in [0.29, 0.717) is 11.8 Å². The normalized spacial score (nSPS) is 19.2. The maximum atomic E-state index is 7.27. The third-order valence-electron chi connectivity index (χ3n) is 21.5. The minimum Gasteiger partial charge on any atom is -0.461 e. The van der Waals surface area contributed by atoms with E-state index in [-0.39, 0.29) is 10.8 Å². The Morgan fingerprint density at radius 2 is 0.953 bits per heavy atom. The highest BCUT2D eigenvalue weighted by Gasteiger charge is 2.55. The van der Waals surface area contributed by atoms with Gasteiger partial charge in [0.05, 0.1) is 16.5 Å². The molecule has 1 aromatic heterocycles. The molecule has 5 aliphatic carbocycles. The van der Waals surface area contributed by atoms with Crippen molar-refractivity contribution in [1.82, 2.24) is 0 Å². The number of fused-ring (bicyclic) bond motifs is 20. The molecule has 0 N–H and O–H groups in total. The minimum atomic E-state index is -0.675. The van der Waals surface area contributed by atoms with Crippen LogP contribution in [0, 0.1) is 5.41 Å². The van der Waals surface area contributed by atoms with Crippen LogP contribution < -0.4 is 14.4 Å². The molecule has 3 heterocycles. The first-order valence-electron chi connectivity index (χ1n) is 32.3. The van der Waals surface area contributed by atoms with Crippen molar-refractivity contribution in [2.24, 2.45) is 5.41 Å². The number of hydrogen-bond donors (Lipinski definition) is 0. The Labute approximate surface area is 507 Å². The number of benzene rings is 9. The second-order valence-electron chi connectivity index (χ2n) is 28.2. The zero-order valence-electron chi connectivity index (χ0n) is 50.7. The monoisotopic (exact) mass is 1120 g/mol. The molecule has 9 aromatic carbocycles. The Bertz CT molecular complexity index is 4470. The molecule has 2 fully saturated rings. The largest absolute Gasteiger partial charge is 0.461 e. The molecule has 426 valence electrons. The van der Waals surface area contributed by atoms with Crippen LogP contribution in [0.4, 0.5) is 17.1 Å². The molecular formula is C82H75NO3. The van der Waals surface area contributed by atoms with Gasteiger partial charge in [-0.3, -0.25) is 0 Å². The van der Waals surface area contributed by atoms with E-state index in [0.717, 1.165) is 74.8 Å². The Balaban J connectivity index is 0.957. The van der Waals surface area contributed by atoms with Crippen molar-refractivity contribution in [3.63, 3.8) is 0 Å². The Kier molecular flexibility index (Phi) is 11.5. The molecule has 86 heavy (non-hydrogen) atoms. The molecule has 1 atom stereocenters. The first-order chi connectivity index (χ1) is 41.9. The van der Waals surface area contributed by atoms with Gasteiger partial charge in [0.15, 0.2) is 5.58 Å². The highest BCUT2D eigenvalue weighted by molar-refractivity contribution is 6.10. The molecule has 0 saturated heterocycles. The van der Waals surface area contributed by atoms with Crippen molar-refractivity contribution in [2.45, 2.75) is 147 Å². The van der Waals surface area contributed by atoms with Crippen LogP contribution in [0.1, 0.15) is 186 Å². The van der Waals surface area contributed by atoms with Gasteiger partial charge in [-0.2, -0.15) is 0 Å². The lowest BCUT2D eigenvalue weighted by molar-refractivity contribution is 0.351. The van der Waals surface area contributed by atoms with Crippen LogP contribution in [-0.2, 0) is 16.2 Å². The smallest absolute Gasteiger partial charge is 0.159 e. The lowest BCUT2D eigenvalue weighted by Gasteiger charge is -2.44. The van der Waals surface area contributed by atoms with Gasteiger partial charge in [-0.25, -0.2) is 0 Å². The van der Waals surface area contributed by atoms with Gasteiger partial charge in [-0.15, -0.1) is 0 Å². The fourth-order valence-corrected chi connectivity index (χ4v) is 17.2. The number of hydrogen-bond acceptors (Lipinski definition) is 4. The molecule has 0 amide bonds. The van der Waals surface area contributed by atoms with Gasteiger partial charge >= 0.3 is 0 Å². The van der Waals surface area contributed by atoms with Gasteiger partial charge in [-0.05, 0) is 177 Å². The summed E-state index contributed by atoms with van der Waals surface area (Å²) in [5, 5.41) is 2.21. The summed E-state index contributed by atoms with van der Waals surface area (Å²) in [5.74, 6) is 4.97. The molecule has 2 spiro atoms. The van der Waals surface area contributed by atoms with Gasteiger partial charge in [0.1, 0.15) is 28.6 Å². The summed E-state index contributed by atoms with van der Waals surface area (Å²) in [6.45, 7) is 14.1. The summed E-state index contributed by atoms with van der Waals surface area (Å²) in [5.41, 5.74) is 24.3. The van der Waals surface area contributed by atoms with E-state index >= 15 is 0 Å². The van der Waals surface area contributed by atoms with E-state index in [9.17, 15) is 0 Å². The first-order valence-corrected chi connectivity index (χ1v) is 32.3. The maximum absolute atomic E-state index is 7.27. The molecular weight excluding hydrogens is 1050 g/mol. The van der Waals surface area contributed by atoms with Crippen molar-refractivity contribution in [1.29, 1.82) is 0 Å². The molecule has 17 rings (SSSR count). The van der Waals surface area contributed by atoms with Crippen molar-refractivity contribution in [3.05, 3.63) is 261 Å². The molecule has 4 nitrogen and oxygen atoms in total. The average molecular weight is 1120 g/mol. The number of para-hydroxylation sites is 2. The predicted molar refractivity (Wildman–Crippen MR) is 352 cm³/mol. The van der Waals surface area contributed by atoms with Crippen LogP contribution >= 0.6 is 0 Å². The van der Waals surface area contributed by atoms with E-state index in [4.69, 9.17) is 13.9 Å². The third kappa shape index (κ3) is 7.53. The van der Waals surface area contributed by atoms with Crippen molar-refractivity contribution in [2.75, 3.05) is 4.90 Å². The molecule has 2 saturated carbocycles. The van der Waals surface area contributed by atoms with Crippen LogP contribution in [0.5, 0.6) is 17.2 Å². The molecule has 0 bridgehead atoms. The minimum absolute atomic E-state index is 0.0247. The van der Waals surface area contributed by atoms with Crippen LogP contribution in [0.25, 0.3) is 44.2 Å². The number of anilines is 3. The molecule has 1 unspecified atom stereocenters. The van der Waals surface area contributed by atoms with E-state index in [1.54, 1.807) is 0 Å². The van der Waals surface area contributed by atoms with Crippen LogP contribution in [0.3, 0.4) is 0 Å². The average Bonchev–Trinajstić information content (AvgIpc) is 1.46. The summed E-state index contributed by atoms with van der Waals surface area (Å²) >= 11 is 0. The highest BCUT2D eigenvalue weighted by atomic mass is 16.5. The van der Waals surface area contributed by atoms with Crippen LogP contribution in [-0.4, -0.2) is 0 Å². The van der Waals surface area contributed by atoms with E-state index in [1.807, 2.05) is 0 Å². The number of rotatable bonds is 5. The fourth-order valence-electron chi connectivity index (χ4n) is 17.2. The van der Waals surface area contributed by atoms with Gasteiger partial charge in [0.25, 0.3) is 0 Å². The lowest BCUT2D eigenvalue weighted by atomic mass is 9.62. The number of ether oxygens (including phenoxy) is 2. The maximum Gasteiger partial charge on any atom is 0.159 e. The van der Waals surface area contributed by atoms with E-state index in [1.165, 1.54) is 153 Å². The number of furan rings is 1. The van der Waals surface area contributed by atoms with Crippen molar-refractivity contribution in [3.8, 4) is 39.5 Å². The van der Waals surface area contributed by atoms with E-state index in [2.05, 4.69) is 235 Å². The topological polar surface area (TPSA) is 34.8 Å². The van der Waals surface area contributed by atoms with E-state index < -0.39 is 10.8 Å². The van der Waals surface area contributed by atoms with Gasteiger partial charge < -0.3 is 18.8 Å². The summed E-state index contributed by atoms with van der Waals surface area (Å²) < 4.78 is 21.7. The molecule has 10 aromatic rings. The Hall–Kier alpha value is -8.34. The van der Waals surface area contributed by atoms with Crippen molar-refractivity contribution >= 4 is 39.0 Å². The zero-order valence-corrected chi connectivity index (χ0v) is 50.7. The predicted octanol–water partition coefficient (Wildman–Crippen LogP) is 22.6. The zero-order chi connectivity index (χ0) is 57.8. The molecule has 7 aliphatic rings. The fraction of sp³-hybridized carbons (Fsp3) is 0.293. The summed E-state index contributed by atoms with van der Waals surface area (Å²) in [4.78, 5) is 2.54. The summed E-state index contributed by atoms with van der Waals surface area (Å²) in [6, 6.07) is 70.3. The lowest BCUT2D eigenvalue weighted by Crippen LogP contribution is -2.36. The third-order valence-corrected chi connectivity index (χ3v) is 21.5. The second-order valence-corrected chi connectivity index (χ2v) is 28.2. The highest BCUT2D eigenvalue weighted by Crippen LogP contribution is 2.66. The SMILES string of the molecule is CC(C)(C)C1=CC2=C(CC1)Oc1ccc(C(C)(C)C)cc1C21c2ccccc2-c2ccc(N(c3ccc4c(c3)C3(c5cc(C6CCCCC6)ccc5Oc5ccc(C6CCCCC6)cc53)c3ccccc3-4)c3cccc4c3oc3ccccc34)cc21. The van der Waals surface area contributed by atoms with Crippen LogP contribution in [0.2, 0.25) is 0 Å². The summed E-state index contributed by atoms with van der Waals surface area (Å²) in [7, 11) is 0. The molecule has 0 radical (unpaired) electrons. The van der Waals surface area contributed by atoms with Gasteiger partial charge in [0.2, 0.25) is 0 Å².